The molecule has 0 unspecified atom stereocenters. The Morgan fingerprint density at radius 2 is 1.53 bits per heavy atom. The third-order valence-electron chi connectivity index (χ3n) is 5.01. The van der Waals surface area contributed by atoms with Crippen LogP contribution in [0.4, 0.5) is 5.69 Å². The summed E-state index contributed by atoms with van der Waals surface area (Å²) in [4.78, 5) is 47.9. The van der Waals surface area contributed by atoms with Gasteiger partial charge in [-0.3, -0.25) is 19.2 Å². The first-order valence-corrected chi connectivity index (χ1v) is 10.9. The Morgan fingerprint density at radius 3 is 2.21 bits per heavy atom. The van der Waals surface area contributed by atoms with Gasteiger partial charge in [-0.15, -0.1) is 0 Å². The van der Waals surface area contributed by atoms with Crippen molar-refractivity contribution >= 4 is 29.3 Å². The van der Waals surface area contributed by atoms with Gasteiger partial charge in [-0.05, 0) is 42.8 Å². The topological polar surface area (TPSA) is 102 Å². The van der Waals surface area contributed by atoms with Crippen molar-refractivity contribution in [2.75, 3.05) is 5.32 Å². The number of nitrogens with one attached hydrogen (secondary N) is 2. The normalized spacial score (nSPS) is 10.3. The fourth-order valence-corrected chi connectivity index (χ4v) is 3.18. The molecule has 0 aliphatic carbocycles. The second-order valence-electron chi connectivity index (χ2n) is 7.84. The Hall–Kier alpha value is -4.26. The van der Waals surface area contributed by atoms with E-state index in [2.05, 4.69) is 10.6 Å². The summed E-state index contributed by atoms with van der Waals surface area (Å²) < 4.78 is 5.00. The summed E-state index contributed by atoms with van der Waals surface area (Å²) in [5.74, 6) is -0.766. The molecular formula is C27H26N2O5. The zero-order valence-corrected chi connectivity index (χ0v) is 19.1. The summed E-state index contributed by atoms with van der Waals surface area (Å²) in [6, 6.07) is 20.7. The van der Waals surface area contributed by atoms with E-state index in [1.807, 2.05) is 19.1 Å². The molecule has 0 aliphatic rings. The van der Waals surface area contributed by atoms with Gasteiger partial charge < -0.3 is 15.4 Å². The van der Waals surface area contributed by atoms with Crippen LogP contribution in [0.5, 0.6) is 5.75 Å². The van der Waals surface area contributed by atoms with Crippen molar-refractivity contribution in [3.05, 3.63) is 95.1 Å². The van der Waals surface area contributed by atoms with Crippen LogP contribution in [0, 0.1) is 6.92 Å². The minimum Gasteiger partial charge on any atom is -0.427 e. The van der Waals surface area contributed by atoms with Crippen molar-refractivity contribution < 1.29 is 23.9 Å². The first kappa shape index (κ1) is 24.4. The minimum absolute atomic E-state index is 0.0614. The van der Waals surface area contributed by atoms with E-state index in [1.165, 1.54) is 13.0 Å². The van der Waals surface area contributed by atoms with E-state index in [9.17, 15) is 19.2 Å². The number of rotatable bonds is 9. The van der Waals surface area contributed by atoms with Gasteiger partial charge in [0, 0.05) is 43.1 Å². The zero-order chi connectivity index (χ0) is 24.5. The molecule has 0 aromatic heterocycles. The molecular weight excluding hydrogens is 432 g/mol. The van der Waals surface area contributed by atoms with Gasteiger partial charge in [0.25, 0.3) is 5.91 Å². The third kappa shape index (κ3) is 7.41. The van der Waals surface area contributed by atoms with Gasteiger partial charge in [0.1, 0.15) is 5.75 Å². The van der Waals surface area contributed by atoms with Crippen molar-refractivity contribution in [1.29, 1.82) is 0 Å². The second kappa shape index (κ2) is 11.6. The molecule has 0 saturated carbocycles. The van der Waals surface area contributed by atoms with E-state index in [0.717, 1.165) is 11.1 Å². The van der Waals surface area contributed by atoms with Crippen LogP contribution < -0.4 is 15.4 Å². The molecule has 0 bridgehead atoms. The molecule has 0 heterocycles. The maximum atomic E-state index is 12.5. The van der Waals surface area contributed by atoms with E-state index >= 15 is 0 Å². The fourth-order valence-electron chi connectivity index (χ4n) is 3.18. The first-order valence-electron chi connectivity index (χ1n) is 10.9. The molecule has 0 radical (unpaired) electrons. The standard InChI is InChI=1S/C27H26N2O5/c1-18-6-10-21(11-7-18)25(31)14-15-26(32)28-17-20-8-12-23(13-9-20)29-27(33)22-4-3-5-24(16-22)34-19(2)30/h3-13,16H,14-15,17H2,1-2H3,(H,28,32)(H,29,33). The number of carbonyl (C=O) groups is 4. The quantitative estimate of drug-likeness (QED) is 0.280. The lowest BCUT2D eigenvalue weighted by atomic mass is 10.0. The summed E-state index contributed by atoms with van der Waals surface area (Å²) >= 11 is 0. The summed E-state index contributed by atoms with van der Waals surface area (Å²) in [7, 11) is 0. The van der Waals surface area contributed by atoms with Crippen molar-refractivity contribution in [2.45, 2.75) is 33.2 Å². The van der Waals surface area contributed by atoms with Crippen molar-refractivity contribution in [2.24, 2.45) is 0 Å². The van der Waals surface area contributed by atoms with Gasteiger partial charge in [0.05, 0.1) is 0 Å². The summed E-state index contributed by atoms with van der Waals surface area (Å²) in [5.41, 5.74) is 3.48. The SMILES string of the molecule is CC(=O)Oc1cccc(C(=O)Nc2ccc(CNC(=O)CCC(=O)c3ccc(C)cc3)cc2)c1. The lowest BCUT2D eigenvalue weighted by molar-refractivity contribution is -0.131. The molecule has 174 valence electrons. The van der Waals surface area contributed by atoms with Crippen LogP contribution in [0.3, 0.4) is 0 Å². The Kier molecular flexibility index (Phi) is 8.29. The van der Waals surface area contributed by atoms with Crippen LogP contribution in [0.2, 0.25) is 0 Å². The number of ketones is 1. The monoisotopic (exact) mass is 458 g/mol. The molecule has 7 heteroatoms. The highest BCUT2D eigenvalue weighted by Gasteiger charge is 2.10. The number of carbonyl (C=O) groups excluding carboxylic acids is 4. The molecule has 7 nitrogen and oxygen atoms in total. The summed E-state index contributed by atoms with van der Waals surface area (Å²) in [6.07, 6.45) is 0.270. The van der Waals surface area contributed by atoms with Crippen molar-refractivity contribution in [1.82, 2.24) is 5.32 Å². The van der Waals surface area contributed by atoms with E-state index < -0.39 is 5.97 Å². The van der Waals surface area contributed by atoms with E-state index in [0.29, 0.717) is 29.1 Å². The van der Waals surface area contributed by atoms with Gasteiger partial charge in [0.15, 0.2) is 5.78 Å². The van der Waals surface area contributed by atoms with Crippen LogP contribution in [0.15, 0.2) is 72.8 Å². The number of benzene rings is 3. The average Bonchev–Trinajstić information content (AvgIpc) is 2.82. The highest BCUT2D eigenvalue weighted by atomic mass is 16.5. The minimum atomic E-state index is -0.460. The average molecular weight is 459 g/mol. The maximum absolute atomic E-state index is 12.5. The van der Waals surface area contributed by atoms with Crippen LogP contribution in [-0.2, 0) is 16.1 Å². The molecule has 0 fully saturated rings. The molecule has 0 atom stereocenters. The van der Waals surface area contributed by atoms with Crippen LogP contribution in [-0.4, -0.2) is 23.6 Å². The number of aryl methyl sites for hydroxylation is 1. The molecule has 3 aromatic rings. The van der Waals surface area contributed by atoms with Gasteiger partial charge in [-0.1, -0.05) is 48.0 Å². The molecule has 3 rings (SSSR count). The summed E-state index contributed by atoms with van der Waals surface area (Å²) in [6.45, 7) is 3.56. The predicted molar refractivity (Wildman–Crippen MR) is 129 cm³/mol. The molecule has 2 amide bonds. The smallest absolute Gasteiger partial charge is 0.308 e. The molecule has 0 saturated heterocycles. The van der Waals surface area contributed by atoms with Gasteiger partial charge in [-0.25, -0.2) is 0 Å². The predicted octanol–water partition coefficient (Wildman–Crippen LogP) is 4.45. The highest BCUT2D eigenvalue weighted by Crippen LogP contribution is 2.16. The lowest BCUT2D eigenvalue weighted by Gasteiger charge is -2.09. The Labute approximate surface area is 198 Å². The van der Waals surface area contributed by atoms with Crippen LogP contribution in [0.25, 0.3) is 0 Å². The molecule has 2 N–H and O–H groups in total. The number of amides is 2. The Morgan fingerprint density at radius 1 is 0.824 bits per heavy atom. The van der Waals surface area contributed by atoms with Crippen molar-refractivity contribution in [3.63, 3.8) is 0 Å². The zero-order valence-electron chi connectivity index (χ0n) is 19.1. The number of esters is 1. The fraction of sp³-hybridized carbons (Fsp3) is 0.185. The van der Waals surface area contributed by atoms with Crippen LogP contribution >= 0.6 is 0 Å². The van der Waals surface area contributed by atoms with Crippen LogP contribution in [0.1, 0.15) is 51.6 Å². The Balaban J connectivity index is 1.45. The number of ether oxygens (including phenoxy) is 1. The number of anilines is 1. The second-order valence-corrected chi connectivity index (χ2v) is 7.84. The molecule has 0 spiro atoms. The molecule has 3 aromatic carbocycles. The molecule has 34 heavy (non-hydrogen) atoms. The number of hydrogen-bond acceptors (Lipinski definition) is 5. The first-order chi connectivity index (χ1) is 16.3. The van der Waals surface area contributed by atoms with E-state index in [4.69, 9.17) is 4.74 Å². The van der Waals surface area contributed by atoms with Gasteiger partial charge >= 0.3 is 5.97 Å². The van der Waals surface area contributed by atoms with E-state index in [-0.39, 0.29) is 30.4 Å². The largest absolute Gasteiger partial charge is 0.427 e. The molecule has 0 aliphatic heterocycles. The number of hydrogen-bond donors (Lipinski definition) is 2. The highest BCUT2D eigenvalue weighted by molar-refractivity contribution is 6.04. The van der Waals surface area contributed by atoms with E-state index in [1.54, 1.807) is 54.6 Å². The van der Waals surface area contributed by atoms with Crippen molar-refractivity contribution in [3.8, 4) is 5.75 Å². The van der Waals surface area contributed by atoms with Gasteiger partial charge in [0.2, 0.25) is 5.91 Å². The maximum Gasteiger partial charge on any atom is 0.308 e. The number of Topliss-reactive ketones (excluding diaryl/α,β-unsaturated/α-hetero) is 1. The van der Waals surface area contributed by atoms with Gasteiger partial charge in [-0.2, -0.15) is 0 Å². The third-order valence-corrected chi connectivity index (χ3v) is 5.01. The Bertz CT molecular complexity index is 1180. The lowest BCUT2D eigenvalue weighted by Crippen LogP contribution is -2.23. The summed E-state index contributed by atoms with van der Waals surface area (Å²) in [5, 5.41) is 5.58.